The zero-order valence-electron chi connectivity index (χ0n) is 15.2. The Hall–Kier alpha value is -2.76. The van der Waals surface area contributed by atoms with E-state index in [1.807, 2.05) is 30.5 Å². The summed E-state index contributed by atoms with van der Waals surface area (Å²) in [6.07, 6.45) is 3.94. The predicted molar refractivity (Wildman–Crippen MR) is 106 cm³/mol. The number of phenolic OH excluding ortho intramolecular Hbond substituents is 1. The number of piperidine rings is 1. The van der Waals surface area contributed by atoms with Crippen molar-refractivity contribution in [1.82, 2.24) is 15.6 Å². The van der Waals surface area contributed by atoms with Crippen molar-refractivity contribution in [3.05, 3.63) is 54.2 Å². The largest absolute Gasteiger partial charge is 0.508 e. The molecule has 1 aromatic carbocycles. The highest BCUT2D eigenvalue weighted by Crippen LogP contribution is 2.17. The van der Waals surface area contributed by atoms with Gasteiger partial charge in [-0.05, 0) is 49.6 Å². The monoisotopic (exact) mass is 353 g/mol. The summed E-state index contributed by atoms with van der Waals surface area (Å²) in [7, 11) is 0. The van der Waals surface area contributed by atoms with Crippen molar-refractivity contribution >= 4 is 11.8 Å². The van der Waals surface area contributed by atoms with E-state index in [-0.39, 0.29) is 5.75 Å². The summed E-state index contributed by atoms with van der Waals surface area (Å²) < 4.78 is 0. The van der Waals surface area contributed by atoms with Gasteiger partial charge in [0, 0.05) is 31.9 Å². The number of pyridine rings is 1. The number of benzene rings is 1. The maximum Gasteiger partial charge on any atom is 0.191 e. The Morgan fingerprint density at radius 2 is 2.08 bits per heavy atom. The molecule has 3 N–H and O–H groups in total. The van der Waals surface area contributed by atoms with Gasteiger partial charge in [-0.15, -0.1) is 0 Å². The second kappa shape index (κ2) is 9.08. The van der Waals surface area contributed by atoms with Crippen LogP contribution in [0.1, 0.15) is 25.3 Å². The molecule has 6 nitrogen and oxygen atoms in total. The summed E-state index contributed by atoms with van der Waals surface area (Å²) >= 11 is 0. The molecule has 0 radical (unpaired) electrons. The van der Waals surface area contributed by atoms with E-state index in [0.717, 1.165) is 49.8 Å². The first kappa shape index (κ1) is 18.0. The second-order valence-corrected chi connectivity index (χ2v) is 6.46. The number of aromatic hydroxyl groups is 1. The maximum absolute atomic E-state index is 9.57. The molecule has 0 unspecified atom stereocenters. The molecule has 1 aliphatic rings. The molecule has 0 saturated carbocycles. The Labute approximate surface area is 155 Å². The highest BCUT2D eigenvalue weighted by molar-refractivity contribution is 5.80. The molecule has 2 heterocycles. The fraction of sp³-hybridized carbons (Fsp3) is 0.400. The fourth-order valence-corrected chi connectivity index (χ4v) is 3.13. The van der Waals surface area contributed by atoms with Crippen molar-refractivity contribution < 1.29 is 5.11 Å². The van der Waals surface area contributed by atoms with Crippen LogP contribution >= 0.6 is 0 Å². The minimum absolute atomic E-state index is 0.276. The molecular formula is C20H27N5O. The van der Waals surface area contributed by atoms with Gasteiger partial charge < -0.3 is 20.6 Å². The van der Waals surface area contributed by atoms with Crippen LogP contribution in [-0.2, 0) is 6.54 Å². The SMILES string of the molecule is CCNC(=NCc1cccc(O)c1)NC1CCN(c2ccccn2)CC1. The quantitative estimate of drug-likeness (QED) is 0.569. The van der Waals surface area contributed by atoms with Crippen LogP contribution in [0.2, 0.25) is 0 Å². The van der Waals surface area contributed by atoms with Crippen molar-refractivity contribution in [2.45, 2.75) is 32.4 Å². The van der Waals surface area contributed by atoms with Gasteiger partial charge in [-0.1, -0.05) is 18.2 Å². The third kappa shape index (κ3) is 5.12. The molecule has 3 rings (SSSR count). The van der Waals surface area contributed by atoms with Crippen LogP contribution in [0.4, 0.5) is 5.82 Å². The van der Waals surface area contributed by atoms with Crippen molar-refractivity contribution in [2.24, 2.45) is 4.99 Å². The maximum atomic E-state index is 9.57. The van der Waals surface area contributed by atoms with Crippen molar-refractivity contribution in [3.8, 4) is 5.75 Å². The van der Waals surface area contributed by atoms with Gasteiger partial charge in [0.2, 0.25) is 0 Å². The lowest BCUT2D eigenvalue weighted by Gasteiger charge is -2.33. The number of anilines is 1. The van der Waals surface area contributed by atoms with E-state index in [2.05, 4.69) is 38.5 Å². The molecule has 0 spiro atoms. The molecule has 6 heteroatoms. The van der Waals surface area contributed by atoms with Gasteiger partial charge >= 0.3 is 0 Å². The summed E-state index contributed by atoms with van der Waals surface area (Å²) in [5.74, 6) is 2.15. The molecule has 138 valence electrons. The van der Waals surface area contributed by atoms with Crippen LogP contribution in [0.5, 0.6) is 5.75 Å². The smallest absolute Gasteiger partial charge is 0.191 e. The zero-order valence-corrected chi connectivity index (χ0v) is 15.2. The minimum Gasteiger partial charge on any atom is -0.508 e. The number of aliphatic imine (C=N–C) groups is 1. The molecule has 1 aromatic heterocycles. The van der Waals surface area contributed by atoms with Gasteiger partial charge in [0.15, 0.2) is 5.96 Å². The van der Waals surface area contributed by atoms with Crippen molar-refractivity contribution in [3.63, 3.8) is 0 Å². The Balaban J connectivity index is 1.54. The number of hydrogen-bond acceptors (Lipinski definition) is 4. The number of guanidine groups is 1. The van der Waals surface area contributed by atoms with Crippen molar-refractivity contribution in [2.75, 3.05) is 24.5 Å². The van der Waals surface area contributed by atoms with Crippen LogP contribution in [0.15, 0.2) is 53.7 Å². The van der Waals surface area contributed by atoms with E-state index in [0.29, 0.717) is 12.6 Å². The molecule has 1 aliphatic heterocycles. The van der Waals surface area contributed by atoms with Gasteiger partial charge in [0.1, 0.15) is 11.6 Å². The Morgan fingerprint density at radius 3 is 2.77 bits per heavy atom. The van der Waals surface area contributed by atoms with Crippen LogP contribution in [0, 0.1) is 0 Å². The van der Waals surface area contributed by atoms with E-state index in [1.54, 1.807) is 12.1 Å². The minimum atomic E-state index is 0.276. The summed E-state index contributed by atoms with van der Waals surface area (Å²) in [4.78, 5) is 11.4. The summed E-state index contributed by atoms with van der Waals surface area (Å²) in [6, 6.07) is 13.7. The lowest BCUT2D eigenvalue weighted by Crippen LogP contribution is -2.48. The number of phenols is 1. The molecule has 2 aromatic rings. The number of rotatable bonds is 5. The Morgan fingerprint density at radius 1 is 1.23 bits per heavy atom. The average Bonchev–Trinajstić information content (AvgIpc) is 2.68. The standard InChI is InChI=1S/C20H27N5O/c1-2-21-20(23-15-16-6-5-7-18(26)14-16)24-17-9-12-25(13-10-17)19-8-3-4-11-22-19/h3-8,11,14,17,26H,2,9-10,12-13,15H2,1H3,(H2,21,23,24). The van der Waals surface area contributed by atoms with Crippen LogP contribution in [-0.4, -0.2) is 41.7 Å². The third-order valence-corrected chi connectivity index (χ3v) is 4.48. The van der Waals surface area contributed by atoms with Gasteiger partial charge in [-0.25, -0.2) is 9.98 Å². The molecule has 26 heavy (non-hydrogen) atoms. The van der Waals surface area contributed by atoms with Gasteiger partial charge in [0.25, 0.3) is 0 Å². The summed E-state index contributed by atoms with van der Waals surface area (Å²) in [5.41, 5.74) is 0.993. The highest BCUT2D eigenvalue weighted by Gasteiger charge is 2.20. The normalized spacial score (nSPS) is 15.7. The highest BCUT2D eigenvalue weighted by atomic mass is 16.3. The third-order valence-electron chi connectivity index (χ3n) is 4.48. The first-order valence-electron chi connectivity index (χ1n) is 9.23. The number of hydrogen-bond donors (Lipinski definition) is 3. The van der Waals surface area contributed by atoms with Crippen LogP contribution < -0.4 is 15.5 Å². The van der Waals surface area contributed by atoms with Crippen LogP contribution in [0.3, 0.4) is 0 Å². The van der Waals surface area contributed by atoms with E-state index in [1.165, 1.54) is 0 Å². The molecule has 1 saturated heterocycles. The van der Waals surface area contributed by atoms with Crippen LogP contribution in [0.25, 0.3) is 0 Å². The summed E-state index contributed by atoms with van der Waals surface area (Å²) in [6.45, 7) is 5.39. The van der Waals surface area contributed by atoms with E-state index >= 15 is 0 Å². The van der Waals surface area contributed by atoms with Gasteiger partial charge in [0.05, 0.1) is 6.54 Å². The molecule has 1 fully saturated rings. The first-order chi connectivity index (χ1) is 12.7. The topological polar surface area (TPSA) is 72.8 Å². The second-order valence-electron chi connectivity index (χ2n) is 6.46. The van der Waals surface area contributed by atoms with Gasteiger partial charge in [-0.3, -0.25) is 0 Å². The number of nitrogens with one attached hydrogen (secondary N) is 2. The Bertz CT molecular complexity index is 711. The van der Waals surface area contributed by atoms with E-state index in [9.17, 15) is 5.11 Å². The van der Waals surface area contributed by atoms with Crippen molar-refractivity contribution in [1.29, 1.82) is 0 Å². The first-order valence-corrected chi connectivity index (χ1v) is 9.23. The van der Waals surface area contributed by atoms with Gasteiger partial charge in [-0.2, -0.15) is 0 Å². The lowest BCUT2D eigenvalue weighted by molar-refractivity contribution is 0.459. The predicted octanol–water partition coefficient (Wildman–Crippen LogP) is 2.51. The molecule has 0 bridgehead atoms. The molecule has 0 aliphatic carbocycles. The average molecular weight is 353 g/mol. The Kier molecular flexibility index (Phi) is 6.30. The fourth-order valence-electron chi connectivity index (χ4n) is 3.13. The number of nitrogens with zero attached hydrogens (tertiary/aromatic N) is 3. The van der Waals surface area contributed by atoms with E-state index < -0.39 is 0 Å². The van der Waals surface area contributed by atoms with E-state index in [4.69, 9.17) is 0 Å². The zero-order chi connectivity index (χ0) is 18.2. The molecule has 0 amide bonds. The number of aromatic nitrogens is 1. The molecular weight excluding hydrogens is 326 g/mol. The summed E-state index contributed by atoms with van der Waals surface area (Å²) in [5, 5.41) is 16.4. The lowest BCUT2D eigenvalue weighted by atomic mass is 10.1. The molecule has 0 atom stereocenters.